The van der Waals surface area contributed by atoms with Crippen LogP contribution >= 0.6 is 0 Å². The molecule has 0 aliphatic heterocycles. The lowest BCUT2D eigenvalue weighted by Gasteiger charge is -2.17. The van der Waals surface area contributed by atoms with Crippen LogP contribution in [0.15, 0.2) is 30.3 Å². The highest BCUT2D eigenvalue weighted by molar-refractivity contribution is 5.73. The van der Waals surface area contributed by atoms with E-state index in [1.54, 1.807) is 0 Å². The van der Waals surface area contributed by atoms with Gasteiger partial charge in [0, 0.05) is 19.4 Å². The Labute approximate surface area is 101 Å². The molecule has 1 aromatic rings. The predicted molar refractivity (Wildman–Crippen MR) is 64.6 cm³/mol. The SMILES string of the molecule is CC(=O)N[C@H](CCC(=O)O)Cc1ccccc1. The maximum Gasteiger partial charge on any atom is 0.303 e. The maximum absolute atomic E-state index is 11.0. The Morgan fingerprint density at radius 3 is 2.47 bits per heavy atom. The molecule has 1 atom stereocenters. The Morgan fingerprint density at radius 2 is 1.94 bits per heavy atom. The van der Waals surface area contributed by atoms with Crippen LogP contribution in [0.1, 0.15) is 25.3 Å². The summed E-state index contributed by atoms with van der Waals surface area (Å²) in [7, 11) is 0. The van der Waals surface area contributed by atoms with Crippen LogP contribution in [0.2, 0.25) is 0 Å². The highest BCUT2D eigenvalue weighted by Crippen LogP contribution is 2.07. The van der Waals surface area contributed by atoms with Crippen molar-refractivity contribution < 1.29 is 14.7 Å². The molecule has 4 nitrogen and oxygen atoms in total. The zero-order valence-electron chi connectivity index (χ0n) is 9.85. The molecule has 0 aromatic heterocycles. The molecule has 0 radical (unpaired) electrons. The number of carboxylic acids is 1. The van der Waals surface area contributed by atoms with Crippen molar-refractivity contribution in [2.45, 2.75) is 32.2 Å². The van der Waals surface area contributed by atoms with Crippen molar-refractivity contribution in [2.24, 2.45) is 0 Å². The molecule has 1 amide bonds. The summed E-state index contributed by atoms with van der Waals surface area (Å²) in [5.41, 5.74) is 1.09. The molecule has 0 unspecified atom stereocenters. The smallest absolute Gasteiger partial charge is 0.303 e. The Hall–Kier alpha value is -1.84. The first-order valence-corrected chi connectivity index (χ1v) is 5.60. The molecule has 0 saturated heterocycles. The van der Waals surface area contributed by atoms with Crippen LogP contribution in [0.5, 0.6) is 0 Å². The second kappa shape index (κ2) is 6.68. The summed E-state index contributed by atoms with van der Waals surface area (Å²) >= 11 is 0. The zero-order chi connectivity index (χ0) is 12.7. The molecule has 0 bridgehead atoms. The van der Waals surface area contributed by atoms with Crippen molar-refractivity contribution in [3.63, 3.8) is 0 Å². The molecule has 92 valence electrons. The van der Waals surface area contributed by atoms with Gasteiger partial charge in [0.2, 0.25) is 5.91 Å². The van der Waals surface area contributed by atoms with Gasteiger partial charge in [-0.3, -0.25) is 9.59 Å². The maximum atomic E-state index is 11.0. The van der Waals surface area contributed by atoms with Crippen LogP contribution in [-0.2, 0) is 16.0 Å². The minimum absolute atomic E-state index is 0.0672. The summed E-state index contributed by atoms with van der Waals surface area (Å²) < 4.78 is 0. The Kier molecular flexibility index (Phi) is 5.20. The fourth-order valence-electron chi connectivity index (χ4n) is 1.71. The van der Waals surface area contributed by atoms with Gasteiger partial charge in [0.15, 0.2) is 0 Å². The summed E-state index contributed by atoms with van der Waals surface area (Å²) in [5, 5.41) is 11.4. The minimum Gasteiger partial charge on any atom is -0.481 e. The first-order valence-electron chi connectivity index (χ1n) is 5.60. The van der Waals surface area contributed by atoms with Crippen LogP contribution in [0.3, 0.4) is 0 Å². The van der Waals surface area contributed by atoms with Crippen molar-refractivity contribution in [3.8, 4) is 0 Å². The number of aliphatic carboxylic acids is 1. The number of rotatable bonds is 6. The van der Waals surface area contributed by atoms with Crippen LogP contribution < -0.4 is 5.32 Å². The lowest BCUT2D eigenvalue weighted by atomic mass is 10.0. The third-order valence-electron chi connectivity index (χ3n) is 2.44. The topological polar surface area (TPSA) is 66.4 Å². The molecule has 4 heteroatoms. The molecule has 0 fully saturated rings. The fourth-order valence-corrected chi connectivity index (χ4v) is 1.71. The van der Waals surface area contributed by atoms with E-state index in [0.29, 0.717) is 12.8 Å². The van der Waals surface area contributed by atoms with E-state index in [1.165, 1.54) is 6.92 Å². The Balaban J connectivity index is 2.56. The average Bonchev–Trinajstić information content (AvgIpc) is 2.26. The second-order valence-electron chi connectivity index (χ2n) is 4.02. The van der Waals surface area contributed by atoms with Crippen molar-refractivity contribution in [1.82, 2.24) is 5.32 Å². The first kappa shape index (κ1) is 13.2. The normalized spacial score (nSPS) is 11.8. The third-order valence-corrected chi connectivity index (χ3v) is 2.44. The van der Waals surface area contributed by atoms with E-state index in [-0.39, 0.29) is 18.4 Å². The van der Waals surface area contributed by atoms with Gasteiger partial charge in [0.25, 0.3) is 0 Å². The van der Waals surface area contributed by atoms with E-state index in [9.17, 15) is 9.59 Å². The van der Waals surface area contributed by atoms with Crippen molar-refractivity contribution in [2.75, 3.05) is 0 Å². The minimum atomic E-state index is -0.839. The molecule has 1 aromatic carbocycles. The highest BCUT2D eigenvalue weighted by Gasteiger charge is 2.12. The zero-order valence-corrected chi connectivity index (χ0v) is 9.85. The summed E-state index contributed by atoms with van der Waals surface area (Å²) in [4.78, 5) is 21.6. The molecule has 1 rings (SSSR count). The van der Waals surface area contributed by atoms with Crippen molar-refractivity contribution in [3.05, 3.63) is 35.9 Å². The summed E-state index contributed by atoms with van der Waals surface area (Å²) in [6, 6.07) is 9.60. The average molecular weight is 235 g/mol. The third kappa shape index (κ3) is 5.70. The Morgan fingerprint density at radius 1 is 1.29 bits per heavy atom. The van der Waals surface area contributed by atoms with Crippen LogP contribution in [0.4, 0.5) is 0 Å². The van der Waals surface area contributed by atoms with Crippen molar-refractivity contribution in [1.29, 1.82) is 0 Å². The van der Waals surface area contributed by atoms with Gasteiger partial charge < -0.3 is 10.4 Å². The number of carbonyl (C=O) groups is 2. The molecule has 0 spiro atoms. The molecule has 2 N–H and O–H groups in total. The van der Waals surface area contributed by atoms with Gasteiger partial charge in [-0.2, -0.15) is 0 Å². The van der Waals surface area contributed by atoms with Gasteiger partial charge in [0.05, 0.1) is 0 Å². The van der Waals surface area contributed by atoms with Gasteiger partial charge >= 0.3 is 5.97 Å². The van der Waals surface area contributed by atoms with Crippen LogP contribution in [-0.4, -0.2) is 23.0 Å². The molecular weight excluding hydrogens is 218 g/mol. The molecule has 17 heavy (non-hydrogen) atoms. The molecule has 0 aliphatic rings. The van der Waals surface area contributed by atoms with Gasteiger partial charge in [-0.1, -0.05) is 30.3 Å². The Bertz CT molecular complexity index is 376. The van der Waals surface area contributed by atoms with Gasteiger partial charge in [0.1, 0.15) is 0 Å². The van der Waals surface area contributed by atoms with E-state index >= 15 is 0 Å². The van der Waals surface area contributed by atoms with E-state index in [4.69, 9.17) is 5.11 Å². The van der Waals surface area contributed by atoms with E-state index in [0.717, 1.165) is 5.56 Å². The molecule has 0 heterocycles. The predicted octanol–water partition coefficient (Wildman–Crippen LogP) is 1.60. The summed E-state index contributed by atoms with van der Waals surface area (Å²) in [6.45, 7) is 1.44. The molecule has 0 aliphatic carbocycles. The van der Waals surface area contributed by atoms with Gasteiger partial charge in [-0.05, 0) is 18.4 Å². The lowest BCUT2D eigenvalue weighted by molar-refractivity contribution is -0.137. The standard InChI is InChI=1S/C13H17NO3/c1-10(15)14-12(7-8-13(16)17)9-11-5-3-2-4-6-11/h2-6,12H,7-9H2,1H3,(H,14,15)(H,16,17)/t12-/m1/s1. The monoisotopic (exact) mass is 235 g/mol. The molecule has 0 saturated carbocycles. The number of carboxylic acid groups (broad SMARTS) is 1. The number of hydrogen-bond donors (Lipinski definition) is 2. The second-order valence-corrected chi connectivity index (χ2v) is 4.02. The van der Waals surface area contributed by atoms with Crippen LogP contribution in [0, 0.1) is 0 Å². The van der Waals surface area contributed by atoms with Crippen molar-refractivity contribution >= 4 is 11.9 Å². The largest absolute Gasteiger partial charge is 0.481 e. The van der Waals surface area contributed by atoms with Gasteiger partial charge in [-0.15, -0.1) is 0 Å². The first-order chi connectivity index (χ1) is 8.08. The number of hydrogen-bond acceptors (Lipinski definition) is 2. The highest BCUT2D eigenvalue weighted by atomic mass is 16.4. The number of amides is 1. The van der Waals surface area contributed by atoms with Crippen LogP contribution in [0.25, 0.3) is 0 Å². The van der Waals surface area contributed by atoms with Gasteiger partial charge in [-0.25, -0.2) is 0 Å². The lowest BCUT2D eigenvalue weighted by Crippen LogP contribution is -2.35. The number of nitrogens with one attached hydrogen (secondary N) is 1. The summed E-state index contributed by atoms with van der Waals surface area (Å²) in [6.07, 6.45) is 1.18. The number of benzene rings is 1. The van der Waals surface area contributed by atoms with E-state index < -0.39 is 5.97 Å². The van der Waals surface area contributed by atoms with E-state index in [1.807, 2.05) is 30.3 Å². The summed E-state index contributed by atoms with van der Waals surface area (Å²) in [5.74, 6) is -0.968. The molecular formula is C13H17NO3. The van der Waals surface area contributed by atoms with E-state index in [2.05, 4.69) is 5.32 Å². The quantitative estimate of drug-likeness (QED) is 0.787. The fraction of sp³-hybridized carbons (Fsp3) is 0.385. The number of carbonyl (C=O) groups excluding carboxylic acids is 1.